The van der Waals surface area contributed by atoms with Crippen molar-refractivity contribution in [3.05, 3.63) is 0 Å². The van der Waals surface area contributed by atoms with Crippen LogP contribution in [-0.4, -0.2) is 0 Å². The van der Waals surface area contributed by atoms with E-state index >= 15 is 0 Å². The van der Waals surface area contributed by atoms with Gasteiger partial charge in [0.1, 0.15) is 4.11 Å². The summed E-state index contributed by atoms with van der Waals surface area (Å²) in [6.45, 7) is 0. The summed E-state index contributed by atoms with van der Waals surface area (Å²) in [7, 11) is 7.50. The van der Waals surface area contributed by atoms with Gasteiger partial charge in [-0.15, -0.1) is 64.2 Å². The third-order valence-corrected chi connectivity index (χ3v) is 0. The van der Waals surface area contributed by atoms with Gasteiger partial charge in [0.05, 0.1) is 0 Å². The van der Waals surface area contributed by atoms with Gasteiger partial charge in [-0.1, -0.05) is 304 Å². The summed E-state index contributed by atoms with van der Waals surface area (Å²) in [5.74, 6) is 0. The van der Waals surface area contributed by atoms with Crippen molar-refractivity contribution in [2.24, 2.45) is 0 Å². The zero-order valence-electron chi connectivity index (χ0n) is 20.5. The summed E-state index contributed by atoms with van der Waals surface area (Å²) >= 11 is 0. The zero-order valence-corrected chi connectivity index (χ0v) is 11.5. The molecule has 0 saturated carbocycles. The first-order valence-electron chi connectivity index (χ1n) is 9.03. The molecule has 0 aliphatic rings. The Morgan fingerprint density at radius 1 is 0.157 bits per heavy atom. The van der Waals surface area contributed by atoms with E-state index in [0.29, 0.717) is 0 Å². The lowest BCUT2D eigenvalue weighted by Crippen LogP contribution is -0.576. The van der Waals surface area contributed by atoms with E-state index in [1.165, 1.54) is 63.6 Å². The molecule has 0 N–H and O–H groups in total. The Balaban J connectivity index is -0.000000000395. The summed E-state index contributed by atoms with van der Waals surface area (Å²) in [5.41, 5.74) is 0. The molecule has 0 aromatic carbocycles. The second kappa shape index (κ2) is 21600. The van der Waals surface area contributed by atoms with Gasteiger partial charge in [0, 0.05) is 36.8 Å². The first-order chi connectivity index (χ1) is 12.2. The second-order valence-electron chi connectivity index (χ2n) is 0. The third kappa shape index (κ3) is 20700. The molecule has 0 nitrogen and oxygen atoms in total. The summed E-state index contributed by atoms with van der Waals surface area (Å²) < 4.78 is 51.7. The predicted octanol–water partition coefficient (Wildman–Crippen LogP) is 32.2. The molecule has 0 aromatic heterocycles. The van der Waals surface area contributed by atoms with Crippen LogP contribution in [0.15, 0.2) is 0 Å². The van der Waals surface area contributed by atoms with Crippen LogP contribution in [0.3, 0.4) is 0 Å². The Bertz CT molecular complexity index is 223. The Morgan fingerprint density at radius 2 is 0.157 bits per heavy atom. The monoisotopic (exact) mass is 886 g/mol. The molecule has 0 amide bonds. The quantitative estimate of drug-likeness (QED) is 0.213. The first-order valence-corrected chi connectivity index (χ1v) is 1.53. The van der Waals surface area contributed by atoms with Gasteiger partial charge in [0.25, 0.3) is 0 Å². The molecule has 0 radical (unpaired) electrons. The normalized spacial score (nSPS) is 1.43. The first kappa shape index (κ1) is 801. The summed E-state index contributed by atoms with van der Waals surface area (Å²) in [5, 5.41) is 0. The molecule has 0 heterocycles. The minimum Gasteiger partial charge on any atom is -0.124 e. The van der Waals surface area contributed by atoms with E-state index in [1.807, 2.05) is 0 Å². The maximum Gasteiger partial charge on any atom is 0.124 e. The lowest BCUT2D eigenvalue weighted by molar-refractivity contribution is 2.50. The molecule has 418 valence electrons. The summed E-state index contributed by atoms with van der Waals surface area (Å²) in [6.07, 6.45) is 33.3. The molecule has 0 unspecified atom stereocenters. The average Bonchev–Trinajstić information content (AvgIpc) is 2.75. The molecular formula is C51H214. The van der Waals surface area contributed by atoms with Crippen molar-refractivity contribution in [2.45, 2.75) is 304 Å². The van der Waals surface area contributed by atoms with Crippen LogP contribution in [0.25, 0.3) is 0 Å². The maximum absolute atomic E-state index is 5.75. The lowest BCUT2D eigenvalue weighted by Gasteiger charge is -0.701. The van der Waals surface area contributed by atoms with Crippen LogP contribution < -0.4 is 0 Å². The highest BCUT2D eigenvalue weighted by Crippen LogP contribution is 0.588. The lowest BCUT2D eigenvalue weighted by atomic mass is 11.4. The minimum atomic E-state index is 0. The molecule has 0 saturated heterocycles. The molecule has 51 heavy (non-hydrogen) atoms. The van der Waals surface area contributed by atoms with E-state index in [9.17, 15) is 0 Å². The Kier molecular flexibility index (Phi) is 340000. The number of hydrogen-bond donors (Lipinski definition) is 0. The van der Waals surface area contributed by atoms with Crippen LogP contribution in [0.5, 0.6) is 0 Å². The SMILES string of the molecule is C.C.C.C.C.C.C.C.C.C.C.C.C.C.C.C.C.C.C.C.C.C.C.C.C.C.C.C.C.C.C.C.C.C.C.C#C.C#C.[3HH].[3HH].[3HH].[3HH].[3HH].[3HH].[3HH].[3HH].[3HH].[3HH].[3HH].[3HH].[3HH].[3HH].[3HH].[3HH].[3HH].[3HH].[3HH].[3HH].[3H]C.[3H]C.[3H]C.[3H]C.[3H]C.[3H]C.[3H]C#C.[3H]C#C.[3H]C#C. The van der Waals surface area contributed by atoms with E-state index in [2.05, 4.69) is 45.0 Å². The van der Waals surface area contributed by atoms with E-state index in [-0.39, 0.29) is 288 Å². The number of rotatable bonds is 0. The largest absolute Gasteiger partial charge is 0.124 e. The van der Waals surface area contributed by atoms with Crippen molar-refractivity contribution in [1.29, 1.82) is 0 Å². The molecule has 0 atom stereocenters. The van der Waals surface area contributed by atoms with Crippen LogP contribution in [-0.2, 0) is 0 Å². The van der Waals surface area contributed by atoms with Gasteiger partial charge in [-0.25, -0.2) is 0 Å². The second-order valence-corrected chi connectivity index (χ2v) is 0. The van der Waals surface area contributed by atoms with Gasteiger partial charge in [0.15, 0.2) is 0 Å². The van der Waals surface area contributed by atoms with Gasteiger partial charge in [0.2, 0.25) is 0 Å². The maximum atomic E-state index is 5.75. The fourth-order valence-electron chi connectivity index (χ4n) is 0. The van der Waals surface area contributed by atoms with E-state index in [4.69, 9.17) is 12.3 Å². The van der Waals surface area contributed by atoms with Crippen LogP contribution >= 0.6 is 0 Å². The molecule has 0 rings (SSSR count). The fraction of sp³-hybridized carbons (Fsp3) is 0.804. The van der Waals surface area contributed by atoms with Crippen LogP contribution in [0.4, 0.5) is 0 Å². The summed E-state index contributed by atoms with van der Waals surface area (Å²) in [6, 6.07) is 0. The fourth-order valence-corrected chi connectivity index (χ4v) is 0. The third-order valence-electron chi connectivity index (χ3n) is 0. The zero-order chi connectivity index (χ0) is 24.1. The van der Waals surface area contributed by atoms with Crippen LogP contribution in [0.2, 0.25) is 0 Å². The molecule has 0 aromatic rings. The Morgan fingerprint density at radius 3 is 0.157 bits per heavy atom. The highest BCUT2D eigenvalue weighted by atomic mass is 12.6. The average molecular weight is 887 g/mol. The molecule has 0 bridgehead atoms. The topological polar surface area (TPSA) is 0 Å². The highest BCUT2D eigenvalue weighted by molar-refractivity contribution is 4.47. The number of terminal acetylenes is 5. The molecule has 0 aliphatic heterocycles. The standard InChI is InChI=1S/5C2H2.41CH4.20H2/c5*1-2;;;;;;;;;;;;;;;;;;;;;;;;;;;;;;;;;;;;;;;;;;;;;;;;;;;;;;;;;;;;;/h5*1-2H;41*1H4;20*1H/i3*1T;;;6*1T;;;;;;;;;;;;;;;;;;;;;;;;;;;;;;;;;;;;20*1+2. The van der Waals surface area contributed by atoms with Gasteiger partial charge >= 0.3 is 0 Å². The van der Waals surface area contributed by atoms with Gasteiger partial charge < -0.3 is 0 Å². The Labute approximate surface area is 410 Å². The summed E-state index contributed by atoms with van der Waals surface area (Å²) in [4.78, 5) is 0. The van der Waals surface area contributed by atoms with Crippen molar-refractivity contribution in [2.75, 3.05) is 0 Å². The van der Waals surface area contributed by atoms with E-state index in [0.717, 1.165) is 0 Å². The van der Waals surface area contributed by atoms with E-state index in [1.54, 1.807) is 0 Å². The van der Waals surface area contributed by atoms with Gasteiger partial charge in [-0.2, -0.15) is 0 Å². The molecule has 0 spiro atoms. The molecule has 0 heteroatoms. The van der Waals surface area contributed by atoms with Crippen LogP contribution in [0.1, 0.15) is 345 Å². The highest BCUT2D eigenvalue weighted by Gasteiger charge is 0.463. The number of hydrogen-bond acceptors (Lipinski definition) is 0. The van der Waals surface area contributed by atoms with Gasteiger partial charge in [-0.05, 0) is 0 Å². The van der Waals surface area contributed by atoms with E-state index < -0.39 is 0 Å². The Hall–Kier alpha value is -2.20. The minimum absolute atomic E-state index is 0. The predicted molar refractivity (Wildman–Crippen MR) is 368 cm³/mol. The smallest absolute Gasteiger partial charge is 0.124 e. The van der Waals surface area contributed by atoms with Crippen LogP contribution in [0, 0.1) is 64.2 Å². The van der Waals surface area contributed by atoms with Gasteiger partial charge in [-0.3, -0.25) is 0 Å². The van der Waals surface area contributed by atoms with Crippen molar-refractivity contribution in [3.63, 3.8) is 0 Å². The molecule has 0 aliphatic carbocycles. The molecule has 0 fully saturated rings. The van der Waals surface area contributed by atoms with Crippen molar-refractivity contribution >= 4 is 0 Å². The van der Waals surface area contributed by atoms with Crippen molar-refractivity contribution < 1.29 is 40.9 Å². The van der Waals surface area contributed by atoms with Crippen molar-refractivity contribution in [3.8, 4) is 64.2 Å². The molecular weight excluding hydrogens is 613 g/mol. The van der Waals surface area contributed by atoms with Crippen molar-refractivity contribution in [1.82, 2.24) is 0 Å².